The van der Waals surface area contributed by atoms with Crippen LogP contribution in [0.1, 0.15) is 31.9 Å². The maximum atomic E-state index is 13.8. The van der Waals surface area contributed by atoms with Crippen LogP contribution in [-0.4, -0.2) is 28.8 Å². The SMILES string of the molecule is CC(C)(C)OC(=O)NC(Cc1c(F)cccc1C(F)(F)F)C(=O)O. The molecule has 0 aliphatic rings. The first-order valence-electron chi connectivity index (χ1n) is 6.88. The second-order valence-corrected chi connectivity index (χ2v) is 6.00. The summed E-state index contributed by atoms with van der Waals surface area (Å²) < 4.78 is 57.4. The van der Waals surface area contributed by atoms with Crippen molar-refractivity contribution < 1.29 is 37.0 Å². The third-order valence-electron chi connectivity index (χ3n) is 2.82. The van der Waals surface area contributed by atoms with E-state index >= 15 is 0 Å². The molecule has 1 atom stereocenters. The summed E-state index contributed by atoms with van der Waals surface area (Å²) in [5, 5.41) is 11.0. The number of amides is 1. The van der Waals surface area contributed by atoms with Gasteiger partial charge >= 0.3 is 18.2 Å². The number of alkyl halides is 3. The van der Waals surface area contributed by atoms with E-state index in [2.05, 4.69) is 0 Å². The number of halogens is 4. The molecule has 0 spiro atoms. The Morgan fingerprint density at radius 1 is 1.25 bits per heavy atom. The Morgan fingerprint density at radius 3 is 2.29 bits per heavy atom. The number of carbonyl (C=O) groups excluding carboxylic acids is 1. The van der Waals surface area contributed by atoms with E-state index in [1.807, 2.05) is 5.32 Å². The van der Waals surface area contributed by atoms with E-state index in [1.54, 1.807) is 0 Å². The van der Waals surface area contributed by atoms with E-state index in [9.17, 15) is 27.2 Å². The lowest BCUT2D eigenvalue weighted by Gasteiger charge is -2.22. The summed E-state index contributed by atoms with van der Waals surface area (Å²) in [7, 11) is 0. The minimum Gasteiger partial charge on any atom is -0.480 e. The molecular formula is C15H17F4NO4. The first kappa shape index (κ1) is 19.7. The van der Waals surface area contributed by atoms with Gasteiger partial charge in [-0.3, -0.25) is 0 Å². The molecule has 0 heterocycles. The lowest BCUT2D eigenvalue weighted by atomic mass is 9.99. The number of carboxylic acid groups (broad SMARTS) is 1. The molecule has 0 bridgehead atoms. The van der Waals surface area contributed by atoms with E-state index in [0.29, 0.717) is 6.07 Å². The number of hydrogen-bond acceptors (Lipinski definition) is 3. The third kappa shape index (κ3) is 5.71. The molecule has 1 aromatic carbocycles. The van der Waals surface area contributed by atoms with Crippen LogP contribution in [0.2, 0.25) is 0 Å². The quantitative estimate of drug-likeness (QED) is 0.816. The maximum absolute atomic E-state index is 13.8. The highest BCUT2D eigenvalue weighted by Crippen LogP contribution is 2.33. The second kappa shape index (κ2) is 7.06. The standard InChI is InChI=1S/C15H17F4NO4/c1-14(2,3)24-13(23)20-11(12(21)22)7-8-9(15(17,18)19)5-4-6-10(8)16/h4-6,11H,7H2,1-3H3,(H,20,23)(H,21,22). The Balaban J connectivity index is 3.07. The fourth-order valence-corrected chi connectivity index (χ4v) is 1.89. The van der Waals surface area contributed by atoms with Crippen LogP contribution in [0.25, 0.3) is 0 Å². The zero-order valence-corrected chi connectivity index (χ0v) is 13.2. The summed E-state index contributed by atoms with van der Waals surface area (Å²) in [4.78, 5) is 22.8. The van der Waals surface area contributed by atoms with Crippen LogP contribution in [0.15, 0.2) is 18.2 Å². The summed E-state index contributed by atoms with van der Waals surface area (Å²) in [5.74, 6) is -2.82. The second-order valence-electron chi connectivity index (χ2n) is 6.00. The fourth-order valence-electron chi connectivity index (χ4n) is 1.89. The molecule has 5 nitrogen and oxygen atoms in total. The molecule has 0 fully saturated rings. The highest BCUT2D eigenvalue weighted by Gasteiger charge is 2.36. The van der Waals surface area contributed by atoms with Gasteiger partial charge in [-0.1, -0.05) is 6.07 Å². The van der Waals surface area contributed by atoms with Crippen molar-refractivity contribution in [1.82, 2.24) is 5.32 Å². The van der Waals surface area contributed by atoms with Gasteiger partial charge < -0.3 is 15.2 Å². The number of alkyl carbamates (subject to hydrolysis) is 1. The number of benzene rings is 1. The van der Waals surface area contributed by atoms with Crippen molar-refractivity contribution in [2.24, 2.45) is 0 Å². The van der Waals surface area contributed by atoms with Crippen LogP contribution < -0.4 is 5.32 Å². The van der Waals surface area contributed by atoms with Gasteiger partial charge in [0, 0.05) is 12.0 Å². The summed E-state index contributed by atoms with van der Waals surface area (Å²) in [6.07, 6.45) is -6.86. The molecule has 24 heavy (non-hydrogen) atoms. The van der Waals surface area contributed by atoms with E-state index in [0.717, 1.165) is 12.1 Å². The number of hydrogen-bond donors (Lipinski definition) is 2. The van der Waals surface area contributed by atoms with Gasteiger partial charge in [0.05, 0.1) is 5.56 Å². The average molecular weight is 351 g/mol. The maximum Gasteiger partial charge on any atom is 0.416 e. The van der Waals surface area contributed by atoms with Crippen LogP contribution >= 0.6 is 0 Å². The molecule has 134 valence electrons. The average Bonchev–Trinajstić information content (AvgIpc) is 2.36. The van der Waals surface area contributed by atoms with Gasteiger partial charge in [-0.15, -0.1) is 0 Å². The molecule has 0 aromatic heterocycles. The molecule has 1 rings (SSSR count). The smallest absolute Gasteiger partial charge is 0.416 e. The molecule has 0 saturated heterocycles. The Morgan fingerprint density at radius 2 is 1.83 bits per heavy atom. The lowest BCUT2D eigenvalue weighted by molar-refractivity contribution is -0.141. The molecule has 0 radical (unpaired) electrons. The number of ether oxygens (including phenoxy) is 1. The topological polar surface area (TPSA) is 75.6 Å². The van der Waals surface area contributed by atoms with Crippen molar-refractivity contribution in [3.05, 3.63) is 35.1 Å². The van der Waals surface area contributed by atoms with Crippen LogP contribution in [0.3, 0.4) is 0 Å². The van der Waals surface area contributed by atoms with E-state index in [4.69, 9.17) is 9.84 Å². The first-order valence-corrected chi connectivity index (χ1v) is 6.88. The normalized spacial score (nSPS) is 13.3. The van der Waals surface area contributed by atoms with Crippen molar-refractivity contribution in [2.45, 2.75) is 45.0 Å². The zero-order chi connectivity index (χ0) is 18.7. The molecular weight excluding hydrogens is 334 g/mol. The highest BCUT2D eigenvalue weighted by molar-refractivity contribution is 5.80. The van der Waals surface area contributed by atoms with Crippen molar-refractivity contribution >= 4 is 12.1 Å². The van der Waals surface area contributed by atoms with Gasteiger partial charge in [0.25, 0.3) is 0 Å². The fraction of sp³-hybridized carbons (Fsp3) is 0.467. The Labute approximate surface area is 135 Å². The summed E-state index contributed by atoms with van der Waals surface area (Å²) in [6, 6.07) is 0.526. The lowest BCUT2D eigenvalue weighted by Crippen LogP contribution is -2.45. The first-order chi connectivity index (χ1) is 10.8. The highest BCUT2D eigenvalue weighted by atomic mass is 19.4. The van der Waals surface area contributed by atoms with Crippen molar-refractivity contribution in [3.8, 4) is 0 Å². The van der Waals surface area contributed by atoms with Gasteiger partial charge in [0.15, 0.2) is 0 Å². The molecule has 9 heteroatoms. The molecule has 1 aromatic rings. The summed E-state index contributed by atoms with van der Waals surface area (Å²) >= 11 is 0. The van der Waals surface area contributed by atoms with E-state index in [-0.39, 0.29) is 0 Å². The number of carboxylic acids is 1. The van der Waals surface area contributed by atoms with Crippen LogP contribution in [-0.2, 0) is 22.1 Å². The number of carbonyl (C=O) groups is 2. The predicted molar refractivity (Wildman–Crippen MR) is 75.9 cm³/mol. The zero-order valence-electron chi connectivity index (χ0n) is 13.2. The van der Waals surface area contributed by atoms with E-state index in [1.165, 1.54) is 20.8 Å². The largest absolute Gasteiger partial charge is 0.480 e. The Bertz CT molecular complexity index is 623. The minimum absolute atomic E-state index is 0.644. The van der Waals surface area contributed by atoms with Crippen molar-refractivity contribution in [2.75, 3.05) is 0 Å². The van der Waals surface area contributed by atoms with Crippen LogP contribution in [0, 0.1) is 5.82 Å². The van der Waals surface area contributed by atoms with Gasteiger partial charge in [0.1, 0.15) is 17.5 Å². The van der Waals surface area contributed by atoms with Crippen molar-refractivity contribution in [1.29, 1.82) is 0 Å². The Hall–Kier alpha value is -2.32. The monoisotopic (exact) mass is 351 g/mol. The molecule has 2 N–H and O–H groups in total. The van der Waals surface area contributed by atoms with Gasteiger partial charge in [-0.2, -0.15) is 13.2 Å². The molecule has 0 aliphatic carbocycles. The molecule has 1 amide bonds. The molecule has 1 unspecified atom stereocenters. The molecule has 0 aliphatic heterocycles. The third-order valence-corrected chi connectivity index (χ3v) is 2.82. The predicted octanol–water partition coefficient (Wildman–Crippen LogP) is 3.36. The van der Waals surface area contributed by atoms with E-state index < -0.39 is 53.2 Å². The van der Waals surface area contributed by atoms with Crippen LogP contribution in [0.5, 0.6) is 0 Å². The van der Waals surface area contributed by atoms with Gasteiger partial charge in [0.2, 0.25) is 0 Å². The van der Waals surface area contributed by atoms with Crippen molar-refractivity contribution in [3.63, 3.8) is 0 Å². The number of nitrogens with one attached hydrogen (secondary N) is 1. The van der Waals surface area contributed by atoms with Crippen LogP contribution in [0.4, 0.5) is 22.4 Å². The van der Waals surface area contributed by atoms with Gasteiger partial charge in [-0.25, -0.2) is 14.0 Å². The minimum atomic E-state index is -4.85. The Kier molecular flexibility index (Phi) is 5.80. The number of aliphatic carboxylic acids is 1. The number of rotatable bonds is 4. The summed E-state index contributed by atoms with van der Waals surface area (Å²) in [5.41, 5.74) is -3.06. The summed E-state index contributed by atoms with van der Waals surface area (Å²) in [6.45, 7) is 4.59. The molecule has 0 saturated carbocycles. The van der Waals surface area contributed by atoms with Gasteiger partial charge in [-0.05, 0) is 32.9 Å².